The number of anilines is 1. The van der Waals surface area contributed by atoms with Gasteiger partial charge in [0.25, 0.3) is 0 Å². The van der Waals surface area contributed by atoms with Crippen LogP contribution in [0, 0.1) is 0 Å². The van der Waals surface area contributed by atoms with Crippen LogP contribution in [0.4, 0.5) is 5.82 Å². The first kappa shape index (κ1) is 14.7. The number of hydrazine groups is 1. The fraction of sp³-hybridized carbons (Fsp3) is 0.267. The van der Waals surface area contributed by atoms with Crippen LogP contribution >= 0.6 is 11.6 Å². The highest BCUT2D eigenvalue weighted by Gasteiger charge is 2.13. The Morgan fingerprint density at radius 1 is 1.14 bits per heavy atom. The fourth-order valence-electron chi connectivity index (χ4n) is 2.16. The molecule has 22 heavy (non-hydrogen) atoms. The van der Waals surface area contributed by atoms with Gasteiger partial charge < -0.3 is 9.99 Å². The molecule has 114 valence electrons. The summed E-state index contributed by atoms with van der Waals surface area (Å²) < 4.78 is 1.99. The number of imidazole rings is 1. The van der Waals surface area contributed by atoms with Crippen LogP contribution in [-0.4, -0.2) is 26.1 Å². The van der Waals surface area contributed by atoms with Gasteiger partial charge in [-0.3, -0.25) is 0 Å². The van der Waals surface area contributed by atoms with Crippen molar-refractivity contribution < 1.29 is 0 Å². The molecule has 0 saturated carbocycles. The van der Waals surface area contributed by atoms with Crippen molar-refractivity contribution in [1.82, 2.24) is 24.9 Å². The van der Waals surface area contributed by atoms with Gasteiger partial charge in [0, 0.05) is 23.7 Å². The lowest BCUT2D eigenvalue weighted by atomic mass is 10.2. The topological polar surface area (TPSA) is 67.7 Å². The second-order valence-electron chi connectivity index (χ2n) is 4.76. The molecule has 2 aromatic heterocycles. The van der Waals surface area contributed by atoms with E-state index in [0.29, 0.717) is 16.7 Å². The number of fused-ring (bicyclic) bond motifs is 1. The van der Waals surface area contributed by atoms with E-state index < -0.39 is 0 Å². The van der Waals surface area contributed by atoms with Crippen molar-refractivity contribution in [2.24, 2.45) is 0 Å². The fourth-order valence-corrected chi connectivity index (χ4v) is 2.29. The number of nitrogens with zero attached hydrogens (tertiary/aromatic N) is 4. The van der Waals surface area contributed by atoms with Crippen LogP contribution < -0.4 is 10.9 Å². The molecule has 1 aromatic carbocycles. The molecule has 0 saturated heterocycles. The molecule has 3 rings (SSSR count). The molecule has 0 aliphatic carbocycles. The Morgan fingerprint density at radius 2 is 1.91 bits per heavy atom. The third kappa shape index (κ3) is 2.75. The Hall–Kier alpha value is -2.18. The molecular weight excluding hydrogens is 300 g/mol. The predicted octanol–water partition coefficient (Wildman–Crippen LogP) is 3.10. The van der Waals surface area contributed by atoms with E-state index >= 15 is 0 Å². The molecule has 0 aliphatic heterocycles. The molecule has 2 N–H and O–H groups in total. The zero-order chi connectivity index (χ0) is 15.5. The summed E-state index contributed by atoms with van der Waals surface area (Å²) in [5.41, 5.74) is 8.62. The number of rotatable bonds is 5. The van der Waals surface area contributed by atoms with Gasteiger partial charge in [0.05, 0.1) is 6.33 Å². The summed E-state index contributed by atoms with van der Waals surface area (Å²) in [6.45, 7) is 5.64. The van der Waals surface area contributed by atoms with Crippen molar-refractivity contribution in [2.75, 3.05) is 12.0 Å². The summed E-state index contributed by atoms with van der Waals surface area (Å²) in [6.07, 6.45) is 1.78. The van der Waals surface area contributed by atoms with Crippen molar-refractivity contribution in [3.05, 3.63) is 35.6 Å². The van der Waals surface area contributed by atoms with Crippen LogP contribution in [0.25, 0.3) is 22.6 Å². The summed E-state index contributed by atoms with van der Waals surface area (Å²) in [7, 11) is 0. The number of hydrogen-bond acceptors (Lipinski definition) is 5. The van der Waals surface area contributed by atoms with E-state index in [1.807, 2.05) is 35.8 Å². The maximum atomic E-state index is 5.95. The lowest BCUT2D eigenvalue weighted by Crippen LogP contribution is -2.22. The second kappa shape index (κ2) is 6.29. The van der Waals surface area contributed by atoms with E-state index in [9.17, 15) is 0 Å². The molecule has 2 heterocycles. The molecule has 0 spiro atoms. The van der Waals surface area contributed by atoms with Gasteiger partial charge in [-0.2, -0.15) is 0 Å². The normalized spacial score (nSPS) is 11.0. The quantitative estimate of drug-likeness (QED) is 0.708. The van der Waals surface area contributed by atoms with Gasteiger partial charge in [-0.05, 0) is 31.2 Å². The SMILES string of the molecule is CCNNc1nc(-c2ccc(Cl)cc2)nc2c1ncn2CC. The average Bonchev–Trinajstić information content (AvgIpc) is 2.96. The number of halogens is 1. The third-order valence-electron chi connectivity index (χ3n) is 3.29. The Balaban J connectivity index is 2.15. The first-order valence-corrected chi connectivity index (χ1v) is 7.58. The second-order valence-corrected chi connectivity index (χ2v) is 5.20. The van der Waals surface area contributed by atoms with Crippen molar-refractivity contribution in [3.63, 3.8) is 0 Å². The van der Waals surface area contributed by atoms with Gasteiger partial charge >= 0.3 is 0 Å². The van der Waals surface area contributed by atoms with Crippen LogP contribution in [0.1, 0.15) is 13.8 Å². The van der Waals surface area contributed by atoms with Gasteiger partial charge in [0.15, 0.2) is 22.8 Å². The van der Waals surface area contributed by atoms with Gasteiger partial charge in [-0.25, -0.2) is 20.4 Å². The number of benzene rings is 1. The standard InChI is InChI=1S/C15H17ClN6/c1-3-18-21-14-12-15(22(4-2)9-17-12)20-13(19-14)10-5-7-11(16)8-6-10/h5-9,18H,3-4H2,1-2H3,(H,19,20,21). The summed E-state index contributed by atoms with van der Waals surface area (Å²) in [4.78, 5) is 13.6. The monoisotopic (exact) mass is 316 g/mol. The van der Waals surface area contributed by atoms with Crippen molar-refractivity contribution in [2.45, 2.75) is 20.4 Å². The number of aromatic nitrogens is 4. The molecule has 0 unspecified atom stereocenters. The summed E-state index contributed by atoms with van der Waals surface area (Å²) >= 11 is 5.95. The molecular formula is C15H17ClN6. The Kier molecular flexibility index (Phi) is 4.22. The van der Waals surface area contributed by atoms with Gasteiger partial charge in [-0.1, -0.05) is 18.5 Å². The first-order chi connectivity index (χ1) is 10.7. The molecule has 0 radical (unpaired) electrons. The molecule has 7 heteroatoms. The number of nitrogens with one attached hydrogen (secondary N) is 2. The van der Waals surface area contributed by atoms with Gasteiger partial charge in [-0.15, -0.1) is 0 Å². The van der Waals surface area contributed by atoms with Crippen molar-refractivity contribution in [3.8, 4) is 11.4 Å². The Bertz CT molecular complexity index is 781. The Morgan fingerprint density at radius 3 is 2.59 bits per heavy atom. The maximum Gasteiger partial charge on any atom is 0.172 e. The van der Waals surface area contributed by atoms with Crippen LogP contribution in [-0.2, 0) is 6.54 Å². The number of aryl methyl sites for hydroxylation is 1. The summed E-state index contributed by atoms with van der Waals surface area (Å²) in [6, 6.07) is 7.48. The lowest BCUT2D eigenvalue weighted by Gasteiger charge is -2.09. The van der Waals surface area contributed by atoms with Gasteiger partial charge in [0.2, 0.25) is 0 Å². The van der Waals surface area contributed by atoms with E-state index in [1.54, 1.807) is 6.33 Å². The van der Waals surface area contributed by atoms with Crippen LogP contribution in [0.2, 0.25) is 5.02 Å². The molecule has 0 atom stereocenters. The van der Waals surface area contributed by atoms with Crippen molar-refractivity contribution >= 4 is 28.6 Å². The highest BCUT2D eigenvalue weighted by atomic mass is 35.5. The number of hydrogen-bond donors (Lipinski definition) is 2. The molecule has 0 fully saturated rings. The van der Waals surface area contributed by atoms with E-state index in [2.05, 4.69) is 32.7 Å². The van der Waals surface area contributed by atoms with E-state index in [1.165, 1.54) is 0 Å². The molecule has 0 aliphatic rings. The highest BCUT2D eigenvalue weighted by Crippen LogP contribution is 2.24. The first-order valence-electron chi connectivity index (χ1n) is 7.20. The summed E-state index contributed by atoms with van der Waals surface area (Å²) in [5.74, 6) is 1.31. The zero-order valence-corrected chi connectivity index (χ0v) is 13.2. The van der Waals surface area contributed by atoms with Crippen LogP contribution in [0.5, 0.6) is 0 Å². The van der Waals surface area contributed by atoms with E-state index in [4.69, 9.17) is 11.6 Å². The molecule has 6 nitrogen and oxygen atoms in total. The Labute approximate surface area is 133 Å². The maximum absolute atomic E-state index is 5.95. The minimum atomic E-state index is 0.639. The van der Waals surface area contributed by atoms with E-state index in [-0.39, 0.29) is 0 Å². The van der Waals surface area contributed by atoms with Crippen LogP contribution in [0.3, 0.4) is 0 Å². The van der Waals surface area contributed by atoms with Crippen molar-refractivity contribution in [1.29, 1.82) is 0 Å². The van der Waals surface area contributed by atoms with Gasteiger partial charge in [0.1, 0.15) is 0 Å². The lowest BCUT2D eigenvalue weighted by molar-refractivity contribution is 0.777. The minimum absolute atomic E-state index is 0.639. The molecule has 0 bridgehead atoms. The average molecular weight is 317 g/mol. The predicted molar refractivity (Wildman–Crippen MR) is 88.7 cm³/mol. The summed E-state index contributed by atoms with van der Waals surface area (Å²) in [5, 5.41) is 0.689. The van der Waals surface area contributed by atoms with E-state index in [0.717, 1.165) is 29.8 Å². The molecule has 3 aromatic rings. The third-order valence-corrected chi connectivity index (χ3v) is 3.54. The zero-order valence-electron chi connectivity index (χ0n) is 12.5. The largest absolute Gasteiger partial charge is 0.315 e. The van der Waals surface area contributed by atoms with Crippen LogP contribution in [0.15, 0.2) is 30.6 Å². The molecule has 0 amide bonds. The highest BCUT2D eigenvalue weighted by molar-refractivity contribution is 6.30. The minimum Gasteiger partial charge on any atom is -0.315 e. The smallest absolute Gasteiger partial charge is 0.172 e.